The molecule has 0 unspecified atom stereocenters. The highest BCUT2D eigenvalue weighted by molar-refractivity contribution is 8.00. The summed E-state index contributed by atoms with van der Waals surface area (Å²) in [6, 6.07) is 11.8. The fourth-order valence-electron chi connectivity index (χ4n) is 1.93. The molecular weight excluding hydrogens is 383 g/mol. The van der Waals surface area contributed by atoms with Crippen LogP contribution in [0.5, 0.6) is 5.75 Å². The number of hydrogen-bond acceptors (Lipinski definition) is 4. The van der Waals surface area contributed by atoms with E-state index < -0.39 is 0 Å². The standard InChI is InChI=1S/C17H16Cl2N2O3S/c1-24-15-4-2-13(3-5-15)20-16(22)9-25-10-17(23)21-14-7-11(18)6-12(19)8-14/h2-8H,9-10H2,1H3,(H,20,22)(H,21,23). The average Bonchev–Trinajstić information content (AvgIpc) is 2.54. The monoisotopic (exact) mass is 398 g/mol. The van der Waals surface area contributed by atoms with Gasteiger partial charge in [-0.3, -0.25) is 9.59 Å². The van der Waals surface area contributed by atoms with Gasteiger partial charge in [-0.25, -0.2) is 0 Å². The summed E-state index contributed by atoms with van der Waals surface area (Å²) in [5.41, 5.74) is 1.19. The number of hydrogen-bond donors (Lipinski definition) is 2. The van der Waals surface area contributed by atoms with E-state index in [4.69, 9.17) is 27.9 Å². The third kappa shape index (κ3) is 6.86. The van der Waals surface area contributed by atoms with Crippen molar-refractivity contribution < 1.29 is 14.3 Å². The van der Waals surface area contributed by atoms with E-state index in [-0.39, 0.29) is 23.3 Å². The summed E-state index contributed by atoms with van der Waals surface area (Å²) in [7, 11) is 1.58. The van der Waals surface area contributed by atoms with Crippen LogP contribution >= 0.6 is 35.0 Å². The van der Waals surface area contributed by atoms with E-state index >= 15 is 0 Å². The van der Waals surface area contributed by atoms with Crippen molar-refractivity contribution in [2.75, 3.05) is 29.2 Å². The van der Waals surface area contributed by atoms with Crippen molar-refractivity contribution in [2.24, 2.45) is 0 Å². The van der Waals surface area contributed by atoms with E-state index in [9.17, 15) is 9.59 Å². The molecule has 8 heteroatoms. The third-order valence-corrected chi connectivity index (χ3v) is 4.36. The Labute approximate surface area is 160 Å². The lowest BCUT2D eigenvalue weighted by atomic mass is 10.3. The molecule has 0 saturated carbocycles. The van der Waals surface area contributed by atoms with E-state index in [1.165, 1.54) is 11.8 Å². The Hall–Kier alpha value is -1.89. The highest BCUT2D eigenvalue weighted by atomic mass is 35.5. The lowest BCUT2D eigenvalue weighted by Gasteiger charge is -2.07. The van der Waals surface area contributed by atoms with E-state index in [1.54, 1.807) is 49.6 Å². The number of carbonyl (C=O) groups is 2. The van der Waals surface area contributed by atoms with Crippen molar-refractivity contribution in [3.8, 4) is 5.75 Å². The number of rotatable bonds is 7. The Morgan fingerprint density at radius 3 is 1.96 bits per heavy atom. The number of halogens is 2. The molecule has 25 heavy (non-hydrogen) atoms. The Kier molecular flexibility index (Phi) is 7.43. The van der Waals surface area contributed by atoms with Crippen LogP contribution in [0.3, 0.4) is 0 Å². The normalized spacial score (nSPS) is 10.2. The van der Waals surface area contributed by atoms with Gasteiger partial charge in [0, 0.05) is 21.4 Å². The highest BCUT2D eigenvalue weighted by Gasteiger charge is 2.08. The summed E-state index contributed by atoms with van der Waals surface area (Å²) in [6.45, 7) is 0. The fourth-order valence-corrected chi connectivity index (χ4v) is 3.07. The maximum atomic E-state index is 11.9. The SMILES string of the molecule is COc1ccc(NC(=O)CSCC(=O)Nc2cc(Cl)cc(Cl)c2)cc1. The van der Waals surface area contributed by atoms with Gasteiger partial charge >= 0.3 is 0 Å². The van der Waals surface area contributed by atoms with Crippen molar-refractivity contribution in [1.29, 1.82) is 0 Å². The number of nitrogens with one attached hydrogen (secondary N) is 2. The number of amides is 2. The molecule has 0 heterocycles. The zero-order chi connectivity index (χ0) is 18.2. The summed E-state index contributed by atoms with van der Waals surface area (Å²) in [5, 5.41) is 6.31. The van der Waals surface area contributed by atoms with E-state index in [1.807, 2.05) is 0 Å². The maximum absolute atomic E-state index is 11.9. The molecule has 2 aromatic carbocycles. The fraction of sp³-hybridized carbons (Fsp3) is 0.176. The van der Waals surface area contributed by atoms with Gasteiger partial charge in [-0.2, -0.15) is 0 Å². The van der Waals surface area contributed by atoms with Crippen molar-refractivity contribution in [3.05, 3.63) is 52.5 Å². The topological polar surface area (TPSA) is 67.4 Å². The molecule has 0 aliphatic carbocycles. The molecule has 5 nitrogen and oxygen atoms in total. The van der Waals surface area contributed by atoms with Crippen LogP contribution in [-0.2, 0) is 9.59 Å². The lowest BCUT2D eigenvalue weighted by molar-refractivity contribution is -0.114. The summed E-state index contributed by atoms with van der Waals surface area (Å²) < 4.78 is 5.05. The largest absolute Gasteiger partial charge is 0.497 e. The van der Waals surface area contributed by atoms with Crippen LogP contribution in [0.1, 0.15) is 0 Å². The first-order chi connectivity index (χ1) is 12.0. The van der Waals surface area contributed by atoms with Crippen LogP contribution < -0.4 is 15.4 Å². The smallest absolute Gasteiger partial charge is 0.234 e. The number of benzene rings is 2. The molecule has 2 amide bonds. The minimum atomic E-state index is -0.236. The van der Waals surface area contributed by atoms with Crippen LogP contribution in [-0.4, -0.2) is 30.4 Å². The van der Waals surface area contributed by atoms with Crippen LogP contribution in [0.25, 0.3) is 0 Å². The minimum Gasteiger partial charge on any atom is -0.497 e. The first kappa shape index (κ1) is 19.4. The van der Waals surface area contributed by atoms with Crippen molar-refractivity contribution >= 4 is 58.2 Å². The molecule has 0 radical (unpaired) electrons. The lowest BCUT2D eigenvalue weighted by Crippen LogP contribution is -2.18. The summed E-state index contributed by atoms with van der Waals surface area (Å²) >= 11 is 13.0. The number of methoxy groups -OCH3 is 1. The molecule has 0 aromatic heterocycles. The molecule has 0 atom stereocenters. The summed E-state index contributed by atoms with van der Waals surface area (Å²) in [4.78, 5) is 23.7. The summed E-state index contributed by atoms with van der Waals surface area (Å²) in [5.74, 6) is 0.593. The first-order valence-electron chi connectivity index (χ1n) is 7.24. The van der Waals surface area contributed by atoms with Gasteiger partial charge < -0.3 is 15.4 Å². The molecule has 0 aliphatic heterocycles. The number of thioether (sulfide) groups is 1. The number of anilines is 2. The predicted molar refractivity (Wildman–Crippen MR) is 104 cm³/mol. The van der Waals surface area contributed by atoms with Crippen LogP contribution in [0.15, 0.2) is 42.5 Å². The summed E-state index contributed by atoms with van der Waals surface area (Å²) in [6.07, 6.45) is 0. The Morgan fingerprint density at radius 2 is 1.44 bits per heavy atom. The van der Waals surface area contributed by atoms with E-state index in [0.29, 0.717) is 27.2 Å². The van der Waals surface area contributed by atoms with Crippen molar-refractivity contribution in [1.82, 2.24) is 0 Å². The van der Waals surface area contributed by atoms with Crippen LogP contribution in [0.4, 0.5) is 11.4 Å². The van der Waals surface area contributed by atoms with Gasteiger partial charge in [-0.15, -0.1) is 11.8 Å². The Morgan fingerprint density at radius 1 is 0.920 bits per heavy atom. The predicted octanol–water partition coefficient (Wildman–Crippen LogP) is 4.31. The van der Waals surface area contributed by atoms with Crippen molar-refractivity contribution in [2.45, 2.75) is 0 Å². The maximum Gasteiger partial charge on any atom is 0.234 e. The second kappa shape index (κ2) is 9.56. The molecule has 0 saturated heterocycles. The second-order valence-corrected chi connectivity index (χ2v) is 6.83. The van der Waals surface area contributed by atoms with E-state index in [0.717, 1.165) is 0 Å². The third-order valence-electron chi connectivity index (χ3n) is 2.99. The van der Waals surface area contributed by atoms with E-state index in [2.05, 4.69) is 10.6 Å². The molecule has 0 fully saturated rings. The molecule has 0 bridgehead atoms. The van der Waals surface area contributed by atoms with Gasteiger partial charge in [0.25, 0.3) is 0 Å². The number of ether oxygens (including phenoxy) is 1. The second-order valence-electron chi connectivity index (χ2n) is 4.98. The van der Waals surface area contributed by atoms with Crippen molar-refractivity contribution in [3.63, 3.8) is 0 Å². The highest BCUT2D eigenvalue weighted by Crippen LogP contribution is 2.22. The first-order valence-corrected chi connectivity index (χ1v) is 9.15. The van der Waals surface area contributed by atoms with Gasteiger partial charge in [-0.05, 0) is 42.5 Å². The van der Waals surface area contributed by atoms with Gasteiger partial charge in [0.05, 0.1) is 18.6 Å². The molecule has 132 valence electrons. The Balaban J connectivity index is 1.73. The molecule has 0 aliphatic rings. The van der Waals surface area contributed by atoms with Crippen LogP contribution in [0, 0.1) is 0 Å². The Bertz CT molecular complexity index is 734. The van der Waals surface area contributed by atoms with Gasteiger partial charge in [-0.1, -0.05) is 23.2 Å². The zero-order valence-corrected chi connectivity index (χ0v) is 15.7. The quantitative estimate of drug-likeness (QED) is 0.728. The molecule has 0 spiro atoms. The molecule has 2 aromatic rings. The number of carbonyl (C=O) groups excluding carboxylic acids is 2. The van der Waals surface area contributed by atoms with Crippen LogP contribution in [0.2, 0.25) is 10.0 Å². The van der Waals surface area contributed by atoms with Gasteiger partial charge in [0.15, 0.2) is 0 Å². The minimum absolute atomic E-state index is 0.139. The van der Waals surface area contributed by atoms with Gasteiger partial charge in [0.1, 0.15) is 5.75 Å². The molecule has 2 rings (SSSR count). The zero-order valence-electron chi connectivity index (χ0n) is 13.3. The van der Waals surface area contributed by atoms with Gasteiger partial charge in [0.2, 0.25) is 11.8 Å². The average molecular weight is 399 g/mol. The molecule has 2 N–H and O–H groups in total. The molecular formula is C17H16Cl2N2O3S.